The Morgan fingerprint density at radius 2 is 1.10 bits per heavy atom. The maximum atomic E-state index is 11.4. The summed E-state index contributed by atoms with van der Waals surface area (Å²) in [6.07, 6.45) is -1.34. The molecule has 1 saturated heterocycles. The number of rotatable bonds is 5. The molecule has 4 unspecified atom stereocenters. The van der Waals surface area contributed by atoms with Gasteiger partial charge in [-0.15, -0.1) is 0 Å². The van der Waals surface area contributed by atoms with Gasteiger partial charge in [-0.05, 0) is 16.7 Å². The normalized spacial score (nSPS) is 24.0. The second kappa shape index (κ2) is 9.03. The van der Waals surface area contributed by atoms with Crippen LogP contribution in [0.2, 0.25) is 0 Å². The van der Waals surface area contributed by atoms with Gasteiger partial charge in [-0.2, -0.15) is 0 Å². The van der Waals surface area contributed by atoms with E-state index in [0.29, 0.717) is 0 Å². The summed E-state index contributed by atoms with van der Waals surface area (Å²) in [5, 5.41) is 0. The quantitative estimate of drug-likeness (QED) is 0.564. The summed E-state index contributed by atoms with van der Waals surface area (Å²) in [5.74, 6) is -0.332. The minimum Gasteiger partial charge on any atom is -0.463 e. The maximum absolute atomic E-state index is 11.4. The monoisotopic (exact) mass is 388 g/mol. The third-order valence-electron chi connectivity index (χ3n) is 5.06. The fourth-order valence-corrected chi connectivity index (χ4v) is 3.70. The second-order valence-corrected chi connectivity index (χ2v) is 7.11. The first-order chi connectivity index (χ1) is 14.2. The summed E-state index contributed by atoms with van der Waals surface area (Å²) in [5.41, 5.74) is 3.08. The Hall–Kier alpha value is -2.95. The fourth-order valence-electron chi connectivity index (χ4n) is 3.70. The molecule has 148 valence electrons. The smallest absolute Gasteiger partial charge is 0.302 e. The largest absolute Gasteiger partial charge is 0.463 e. The van der Waals surface area contributed by atoms with Crippen molar-refractivity contribution in [2.45, 2.75) is 31.3 Å². The van der Waals surface area contributed by atoms with E-state index in [1.165, 1.54) is 6.92 Å². The molecular weight excluding hydrogens is 364 g/mol. The summed E-state index contributed by atoms with van der Waals surface area (Å²) in [4.78, 5) is 11.4. The molecule has 1 heterocycles. The van der Waals surface area contributed by atoms with E-state index in [2.05, 4.69) is 12.1 Å². The van der Waals surface area contributed by atoms with E-state index < -0.39 is 6.10 Å². The third kappa shape index (κ3) is 4.56. The molecule has 1 fully saturated rings. The Morgan fingerprint density at radius 1 is 0.690 bits per heavy atom. The van der Waals surface area contributed by atoms with Crippen molar-refractivity contribution >= 4 is 5.97 Å². The topological polar surface area (TPSA) is 44.8 Å². The first-order valence-electron chi connectivity index (χ1n) is 9.81. The summed E-state index contributed by atoms with van der Waals surface area (Å²) in [6, 6.07) is 30.1. The van der Waals surface area contributed by atoms with Gasteiger partial charge in [0, 0.05) is 6.92 Å². The van der Waals surface area contributed by atoms with Gasteiger partial charge < -0.3 is 14.2 Å². The molecule has 4 rings (SSSR count). The molecule has 3 aromatic rings. The Balaban J connectivity index is 1.72. The van der Waals surface area contributed by atoms with Crippen molar-refractivity contribution in [1.29, 1.82) is 0 Å². The molecule has 4 heteroatoms. The van der Waals surface area contributed by atoms with Crippen molar-refractivity contribution in [3.8, 4) is 0 Å². The van der Waals surface area contributed by atoms with Crippen molar-refractivity contribution < 1.29 is 19.0 Å². The standard InChI is InChI=1S/C25H24O4/c1-18(26)27-17-22-23(19-11-5-2-6-12-19)29-25(21-15-9-4-10-16-21)24(28-22)20-13-7-3-8-14-20/h2-16,22-25H,17H2,1H3. The van der Waals surface area contributed by atoms with Crippen LogP contribution in [0.25, 0.3) is 0 Å². The van der Waals surface area contributed by atoms with E-state index in [4.69, 9.17) is 14.2 Å². The first kappa shape index (κ1) is 19.4. The van der Waals surface area contributed by atoms with Gasteiger partial charge in [0.1, 0.15) is 31.0 Å². The van der Waals surface area contributed by atoms with Gasteiger partial charge in [-0.25, -0.2) is 0 Å². The van der Waals surface area contributed by atoms with E-state index >= 15 is 0 Å². The molecule has 0 spiro atoms. The number of carbonyl (C=O) groups excluding carboxylic acids is 1. The lowest BCUT2D eigenvalue weighted by molar-refractivity contribution is -0.240. The highest BCUT2D eigenvalue weighted by molar-refractivity contribution is 5.65. The lowest BCUT2D eigenvalue weighted by atomic mass is 9.93. The third-order valence-corrected chi connectivity index (χ3v) is 5.06. The zero-order chi connectivity index (χ0) is 20.1. The van der Waals surface area contributed by atoms with Crippen LogP contribution in [0, 0.1) is 0 Å². The van der Waals surface area contributed by atoms with Crippen LogP contribution in [0.3, 0.4) is 0 Å². The van der Waals surface area contributed by atoms with Crippen LogP contribution in [-0.2, 0) is 19.0 Å². The van der Waals surface area contributed by atoms with Crippen LogP contribution in [0.5, 0.6) is 0 Å². The lowest BCUT2D eigenvalue weighted by Crippen LogP contribution is -2.39. The molecule has 0 saturated carbocycles. The van der Waals surface area contributed by atoms with Gasteiger partial charge in [0.05, 0.1) is 0 Å². The average molecular weight is 388 g/mol. The van der Waals surface area contributed by atoms with Crippen LogP contribution < -0.4 is 0 Å². The molecule has 0 amide bonds. The van der Waals surface area contributed by atoms with Crippen molar-refractivity contribution in [1.82, 2.24) is 0 Å². The van der Waals surface area contributed by atoms with Crippen LogP contribution in [0.1, 0.15) is 41.9 Å². The zero-order valence-corrected chi connectivity index (χ0v) is 16.3. The minimum absolute atomic E-state index is 0.139. The number of esters is 1. The molecule has 0 aromatic heterocycles. The Morgan fingerprint density at radius 3 is 1.55 bits per heavy atom. The van der Waals surface area contributed by atoms with Gasteiger partial charge >= 0.3 is 5.97 Å². The van der Waals surface area contributed by atoms with Crippen LogP contribution in [0.4, 0.5) is 0 Å². The van der Waals surface area contributed by atoms with Crippen LogP contribution >= 0.6 is 0 Å². The summed E-state index contributed by atoms with van der Waals surface area (Å²) >= 11 is 0. The van der Waals surface area contributed by atoms with Gasteiger partial charge in [0.25, 0.3) is 0 Å². The molecule has 0 N–H and O–H groups in total. The number of ether oxygens (including phenoxy) is 3. The number of hydrogen-bond donors (Lipinski definition) is 0. The van der Waals surface area contributed by atoms with E-state index in [0.717, 1.165) is 16.7 Å². The Kier molecular flexibility index (Phi) is 6.03. The van der Waals surface area contributed by atoms with E-state index in [1.54, 1.807) is 0 Å². The van der Waals surface area contributed by atoms with Crippen molar-refractivity contribution in [3.63, 3.8) is 0 Å². The van der Waals surface area contributed by atoms with Gasteiger partial charge in [-0.1, -0.05) is 91.0 Å². The summed E-state index contributed by atoms with van der Waals surface area (Å²) < 4.78 is 18.5. The molecule has 0 bridgehead atoms. The highest BCUT2D eigenvalue weighted by atomic mass is 16.6. The molecule has 3 aromatic carbocycles. The number of hydrogen-bond acceptors (Lipinski definition) is 4. The van der Waals surface area contributed by atoms with Gasteiger partial charge in [0.15, 0.2) is 0 Å². The SMILES string of the molecule is CC(=O)OCC1OC(c2ccccc2)C(c2ccccc2)OC1c1ccccc1. The number of carbonyl (C=O) groups is 1. The predicted octanol–water partition coefficient (Wildman–Crippen LogP) is 5.19. The van der Waals surface area contributed by atoms with Crippen molar-refractivity contribution in [3.05, 3.63) is 108 Å². The first-order valence-corrected chi connectivity index (χ1v) is 9.81. The second-order valence-electron chi connectivity index (χ2n) is 7.11. The van der Waals surface area contributed by atoms with E-state index in [1.807, 2.05) is 78.9 Å². The van der Waals surface area contributed by atoms with Gasteiger partial charge in [0.2, 0.25) is 0 Å². The zero-order valence-electron chi connectivity index (χ0n) is 16.3. The highest BCUT2D eigenvalue weighted by Crippen LogP contribution is 2.46. The van der Waals surface area contributed by atoms with Crippen molar-refractivity contribution in [2.75, 3.05) is 6.61 Å². The molecule has 1 aliphatic heterocycles. The van der Waals surface area contributed by atoms with Crippen LogP contribution in [0.15, 0.2) is 91.0 Å². The predicted molar refractivity (Wildman–Crippen MR) is 110 cm³/mol. The lowest BCUT2D eigenvalue weighted by Gasteiger charge is -2.42. The molecular formula is C25H24O4. The molecule has 4 nitrogen and oxygen atoms in total. The molecule has 0 aliphatic carbocycles. The van der Waals surface area contributed by atoms with E-state index in [-0.39, 0.29) is 30.9 Å². The highest BCUT2D eigenvalue weighted by Gasteiger charge is 2.41. The molecule has 1 aliphatic rings. The Labute approximate surface area is 171 Å². The molecule has 29 heavy (non-hydrogen) atoms. The van der Waals surface area contributed by atoms with E-state index in [9.17, 15) is 4.79 Å². The maximum Gasteiger partial charge on any atom is 0.302 e. The summed E-state index contributed by atoms with van der Waals surface area (Å²) in [6.45, 7) is 1.54. The average Bonchev–Trinajstić information content (AvgIpc) is 2.79. The molecule has 0 radical (unpaired) electrons. The van der Waals surface area contributed by atoms with Crippen LogP contribution in [-0.4, -0.2) is 18.7 Å². The molecule has 4 atom stereocenters. The Bertz CT molecular complexity index is 911. The van der Waals surface area contributed by atoms with Gasteiger partial charge in [-0.3, -0.25) is 4.79 Å². The van der Waals surface area contributed by atoms with Crippen molar-refractivity contribution in [2.24, 2.45) is 0 Å². The number of benzene rings is 3. The fraction of sp³-hybridized carbons (Fsp3) is 0.240. The summed E-state index contributed by atoms with van der Waals surface area (Å²) in [7, 11) is 0. The minimum atomic E-state index is -0.411.